The van der Waals surface area contributed by atoms with Gasteiger partial charge >= 0.3 is 5.97 Å². The zero-order valence-corrected chi connectivity index (χ0v) is 7.25. The molecule has 2 atom stereocenters. The molecular weight excluding hydrogens is 156 g/mol. The highest BCUT2D eigenvalue weighted by Crippen LogP contribution is 2.30. The highest BCUT2D eigenvalue weighted by Gasteiger charge is 2.34. The Morgan fingerprint density at radius 1 is 1.75 bits per heavy atom. The van der Waals surface area contributed by atoms with Crippen molar-refractivity contribution in [2.45, 2.75) is 32.6 Å². The van der Waals surface area contributed by atoms with Gasteiger partial charge in [0.15, 0.2) is 0 Å². The molecule has 1 aliphatic carbocycles. The molecule has 0 saturated heterocycles. The molecule has 1 aliphatic rings. The Bertz CT molecular complexity index is 198. The molecule has 2 unspecified atom stereocenters. The second-order valence-corrected chi connectivity index (χ2v) is 3.32. The molecule has 3 heteroatoms. The van der Waals surface area contributed by atoms with Crippen LogP contribution in [0.4, 0.5) is 0 Å². The fraction of sp³-hybridized carbons (Fsp3) is 0.778. The van der Waals surface area contributed by atoms with E-state index in [-0.39, 0.29) is 11.7 Å². The molecular formula is C9H14O3. The van der Waals surface area contributed by atoms with Gasteiger partial charge < -0.3 is 5.11 Å². The number of hydrogen-bond donors (Lipinski definition) is 1. The molecule has 0 aromatic rings. The summed E-state index contributed by atoms with van der Waals surface area (Å²) in [6, 6.07) is 0. The van der Waals surface area contributed by atoms with Crippen molar-refractivity contribution in [3.05, 3.63) is 0 Å². The minimum atomic E-state index is -0.822. The van der Waals surface area contributed by atoms with E-state index in [2.05, 4.69) is 0 Å². The summed E-state index contributed by atoms with van der Waals surface area (Å²) in [5, 5.41) is 8.80. The van der Waals surface area contributed by atoms with Crippen molar-refractivity contribution in [3.63, 3.8) is 0 Å². The number of rotatable bonds is 3. The number of Topliss-reactive ketones (excluding diaryl/α,β-unsaturated/α-hetero) is 1. The minimum Gasteiger partial charge on any atom is -0.481 e. The Labute approximate surface area is 71.8 Å². The van der Waals surface area contributed by atoms with Crippen LogP contribution in [-0.4, -0.2) is 16.9 Å². The van der Waals surface area contributed by atoms with Crippen LogP contribution >= 0.6 is 0 Å². The highest BCUT2D eigenvalue weighted by molar-refractivity contribution is 5.87. The van der Waals surface area contributed by atoms with Crippen molar-refractivity contribution in [1.82, 2.24) is 0 Å². The quantitative estimate of drug-likeness (QED) is 0.697. The minimum absolute atomic E-state index is 0.143. The smallest absolute Gasteiger partial charge is 0.307 e. The van der Waals surface area contributed by atoms with Gasteiger partial charge in [0.2, 0.25) is 0 Å². The van der Waals surface area contributed by atoms with E-state index in [4.69, 9.17) is 5.11 Å². The SMILES string of the molecule is CCC(C(=O)O)C1CCCC1=O. The normalized spacial score (nSPS) is 25.8. The van der Waals surface area contributed by atoms with Crippen LogP contribution < -0.4 is 0 Å². The summed E-state index contributed by atoms with van der Waals surface area (Å²) in [5.41, 5.74) is 0. The van der Waals surface area contributed by atoms with Crippen molar-refractivity contribution in [2.75, 3.05) is 0 Å². The number of carbonyl (C=O) groups is 2. The third-order valence-electron chi connectivity index (χ3n) is 2.59. The predicted octanol–water partition coefficient (Wildman–Crippen LogP) is 1.47. The standard InChI is InChI=1S/C9H14O3/c1-2-6(9(11)12)7-4-3-5-8(7)10/h6-7H,2-5H2,1H3,(H,11,12). The second-order valence-electron chi connectivity index (χ2n) is 3.32. The van der Waals surface area contributed by atoms with Gasteiger partial charge in [-0.1, -0.05) is 6.92 Å². The van der Waals surface area contributed by atoms with Gasteiger partial charge in [-0.25, -0.2) is 0 Å². The van der Waals surface area contributed by atoms with Gasteiger partial charge in [0, 0.05) is 12.3 Å². The molecule has 3 nitrogen and oxygen atoms in total. The van der Waals surface area contributed by atoms with Gasteiger partial charge in [-0.05, 0) is 19.3 Å². The maximum atomic E-state index is 11.2. The van der Waals surface area contributed by atoms with Crippen molar-refractivity contribution in [3.8, 4) is 0 Å². The van der Waals surface area contributed by atoms with Crippen LogP contribution in [0.2, 0.25) is 0 Å². The molecule has 1 rings (SSSR count). The van der Waals surface area contributed by atoms with E-state index < -0.39 is 11.9 Å². The van der Waals surface area contributed by atoms with E-state index in [9.17, 15) is 9.59 Å². The zero-order chi connectivity index (χ0) is 9.14. The van der Waals surface area contributed by atoms with Gasteiger partial charge in [-0.3, -0.25) is 9.59 Å². The lowest BCUT2D eigenvalue weighted by Gasteiger charge is -2.15. The van der Waals surface area contributed by atoms with E-state index in [1.54, 1.807) is 0 Å². The number of aliphatic carboxylic acids is 1. The predicted molar refractivity (Wildman–Crippen MR) is 43.8 cm³/mol. The molecule has 0 aliphatic heterocycles. The average molecular weight is 170 g/mol. The summed E-state index contributed by atoms with van der Waals surface area (Å²) in [7, 11) is 0. The summed E-state index contributed by atoms with van der Waals surface area (Å²) in [6.07, 6.45) is 2.77. The average Bonchev–Trinajstić information content (AvgIpc) is 2.38. The molecule has 0 amide bonds. The summed E-state index contributed by atoms with van der Waals surface area (Å²) >= 11 is 0. The fourth-order valence-corrected chi connectivity index (χ4v) is 1.90. The van der Waals surface area contributed by atoms with Crippen LogP contribution in [0.15, 0.2) is 0 Å². The maximum Gasteiger partial charge on any atom is 0.307 e. The summed E-state index contributed by atoms with van der Waals surface area (Å²) in [6.45, 7) is 1.82. The second kappa shape index (κ2) is 3.70. The Morgan fingerprint density at radius 2 is 2.42 bits per heavy atom. The molecule has 12 heavy (non-hydrogen) atoms. The van der Waals surface area contributed by atoms with Crippen LogP contribution in [0.1, 0.15) is 32.6 Å². The van der Waals surface area contributed by atoms with E-state index in [0.717, 1.165) is 12.8 Å². The number of carbonyl (C=O) groups excluding carboxylic acids is 1. The number of carboxylic acid groups (broad SMARTS) is 1. The van der Waals surface area contributed by atoms with E-state index in [1.165, 1.54) is 0 Å². The molecule has 68 valence electrons. The largest absolute Gasteiger partial charge is 0.481 e. The Balaban J connectivity index is 2.65. The maximum absolute atomic E-state index is 11.2. The van der Waals surface area contributed by atoms with Gasteiger partial charge in [0.05, 0.1) is 5.92 Å². The number of carboxylic acids is 1. The van der Waals surface area contributed by atoms with Crippen molar-refractivity contribution in [1.29, 1.82) is 0 Å². The molecule has 0 spiro atoms. The van der Waals surface area contributed by atoms with E-state index in [0.29, 0.717) is 12.8 Å². The molecule has 0 heterocycles. The molecule has 0 radical (unpaired) electrons. The first-order valence-corrected chi connectivity index (χ1v) is 4.42. The third kappa shape index (κ3) is 1.65. The highest BCUT2D eigenvalue weighted by atomic mass is 16.4. The molecule has 0 aromatic heterocycles. The molecule has 1 fully saturated rings. The Morgan fingerprint density at radius 3 is 2.75 bits per heavy atom. The van der Waals surface area contributed by atoms with Crippen LogP contribution in [0, 0.1) is 11.8 Å². The van der Waals surface area contributed by atoms with Crippen LogP contribution in [-0.2, 0) is 9.59 Å². The van der Waals surface area contributed by atoms with Crippen LogP contribution in [0.25, 0.3) is 0 Å². The van der Waals surface area contributed by atoms with Crippen molar-refractivity contribution >= 4 is 11.8 Å². The van der Waals surface area contributed by atoms with Crippen LogP contribution in [0.3, 0.4) is 0 Å². The van der Waals surface area contributed by atoms with Gasteiger partial charge in [0.25, 0.3) is 0 Å². The van der Waals surface area contributed by atoms with E-state index >= 15 is 0 Å². The first-order valence-electron chi connectivity index (χ1n) is 4.42. The van der Waals surface area contributed by atoms with Gasteiger partial charge in [-0.15, -0.1) is 0 Å². The number of ketones is 1. The van der Waals surface area contributed by atoms with Gasteiger partial charge in [-0.2, -0.15) is 0 Å². The third-order valence-corrected chi connectivity index (χ3v) is 2.59. The summed E-state index contributed by atoms with van der Waals surface area (Å²) in [5.74, 6) is -1.32. The monoisotopic (exact) mass is 170 g/mol. The van der Waals surface area contributed by atoms with Crippen molar-refractivity contribution in [2.24, 2.45) is 11.8 Å². The fourth-order valence-electron chi connectivity index (χ4n) is 1.90. The molecule has 1 N–H and O–H groups in total. The molecule has 0 aromatic carbocycles. The first-order chi connectivity index (χ1) is 5.66. The zero-order valence-electron chi connectivity index (χ0n) is 7.25. The molecule has 0 bridgehead atoms. The summed E-state index contributed by atoms with van der Waals surface area (Å²) < 4.78 is 0. The Kier molecular flexibility index (Phi) is 2.84. The van der Waals surface area contributed by atoms with Crippen molar-refractivity contribution < 1.29 is 14.7 Å². The van der Waals surface area contributed by atoms with E-state index in [1.807, 2.05) is 6.92 Å². The lowest BCUT2D eigenvalue weighted by atomic mass is 9.88. The van der Waals surface area contributed by atoms with Crippen LogP contribution in [0.5, 0.6) is 0 Å². The Hall–Kier alpha value is -0.860. The summed E-state index contributed by atoms with van der Waals surface area (Å²) in [4.78, 5) is 21.9. The molecule has 1 saturated carbocycles. The number of hydrogen-bond acceptors (Lipinski definition) is 2. The van der Waals surface area contributed by atoms with Gasteiger partial charge in [0.1, 0.15) is 5.78 Å². The first kappa shape index (κ1) is 9.23. The lowest BCUT2D eigenvalue weighted by Crippen LogP contribution is -2.25. The topological polar surface area (TPSA) is 54.4 Å². The lowest BCUT2D eigenvalue weighted by molar-refractivity contribution is -0.146.